The molecule has 0 unspecified atom stereocenters. The number of hydrogen-bond acceptors (Lipinski definition) is 3. The average Bonchev–Trinajstić information content (AvgIpc) is 3.04. The summed E-state index contributed by atoms with van der Waals surface area (Å²) in [7, 11) is 1.70. The highest BCUT2D eigenvalue weighted by Gasteiger charge is 2.53. The number of alkyl halides is 1. The molecule has 4 heteroatoms. The van der Waals surface area contributed by atoms with Crippen LogP contribution in [0.15, 0.2) is 0 Å². The van der Waals surface area contributed by atoms with Gasteiger partial charge in [-0.1, -0.05) is 15.9 Å². The summed E-state index contributed by atoms with van der Waals surface area (Å²) in [5, 5.41) is 11.4. The second-order valence-electron chi connectivity index (χ2n) is 9.42. The fourth-order valence-corrected chi connectivity index (χ4v) is 7.93. The summed E-state index contributed by atoms with van der Waals surface area (Å²) in [6, 6.07) is 0. The lowest BCUT2D eigenvalue weighted by atomic mass is 9.52. The SMILES string of the molecule is COC[C@@]1(O)CC[C@H]2[C@H](CC[C@@H]3[C@@H]2CC[C@H]2[C@H]3CC[C@@H]2C(=O)CBr)C1. The van der Waals surface area contributed by atoms with Gasteiger partial charge in [0.2, 0.25) is 0 Å². The zero-order chi connectivity index (χ0) is 17.6. The van der Waals surface area contributed by atoms with Crippen LogP contribution >= 0.6 is 15.9 Å². The number of Topliss-reactive ketones (excluding diaryl/α,β-unsaturated/α-hetero) is 1. The van der Waals surface area contributed by atoms with Gasteiger partial charge in [0, 0.05) is 13.0 Å². The molecule has 4 rings (SSSR count). The molecule has 4 saturated carbocycles. The summed E-state index contributed by atoms with van der Waals surface area (Å²) in [5.41, 5.74) is -0.583. The third kappa shape index (κ3) is 3.25. The van der Waals surface area contributed by atoms with E-state index in [1.165, 1.54) is 38.5 Å². The Balaban J connectivity index is 1.45. The van der Waals surface area contributed by atoms with Crippen molar-refractivity contribution in [2.45, 2.75) is 63.4 Å². The normalized spacial score (nSPS) is 49.2. The number of aliphatic hydroxyl groups is 1. The van der Waals surface area contributed by atoms with Crippen molar-refractivity contribution in [1.82, 2.24) is 0 Å². The molecule has 0 bridgehead atoms. The lowest BCUT2D eigenvalue weighted by Crippen LogP contribution is -2.50. The van der Waals surface area contributed by atoms with Crippen LogP contribution in [0, 0.1) is 41.4 Å². The Hall–Kier alpha value is 0.0700. The first-order chi connectivity index (χ1) is 12.1. The van der Waals surface area contributed by atoms with Crippen molar-refractivity contribution in [1.29, 1.82) is 0 Å². The molecule has 0 saturated heterocycles. The highest BCUT2D eigenvalue weighted by molar-refractivity contribution is 9.09. The monoisotopic (exact) mass is 412 g/mol. The van der Waals surface area contributed by atoms with Crippen LogP contribution in [0.1, 0.15) is 57.8 Å². The molecule has 0 aromatic carbocycles. The smallest absolute Gasteiger partial charge is 0.146 e. The number of ketones is 1. The van der Waals surface area contributed by atoms with E-state index in [0.717, 1.165) is 42.9 Å². The Bertz CT molecular complexity index is 509. The molecular formula is C21H33BrO3. The van der Waals surface area contributed by atoms with E-state index in [-0.39, 0.29) is 0 Å². The number of hydrogen-bond donors (Lipinski definition) is 1. The highest BCUT2D eigenvalue weighted by Crippen LogP contribution is 2.60. The molecule has 4 fully saturated rings. The largest absolute Gasteiger partial charge is 0.387 e. The maximum Gasteiger partial charge on any atom is 0.146 e. The molecule has 142 valence electrons. The van der Waals surface area contributed by atoms with Crippen LogP contribution in [0.4, 0.5) is 0 Å². The van der Waals surface area contributed by atoms with Crippen molar-refractivity contribution in [3.8, 4) is 0 Å². The lowest BCUT2D eigenvalue weighted by molar-refractivity contribution is -0.126. The minimum Gasteiger partial charge on any atom is -0.387 e. The number of carbonyl (C=O) groups is 1. The van der Waals surface area contributed by atoms with Crippen molar-refractivity contribution >= 4 is 21.7 Å². The van der Waals surface area contributed by atoms with Gasteiger partial charge < -0.3 is 9.84 Å². The first kappa shape index (κ1) is 18.4. The Morgan fingerprint density at radius 2 is 1.64 bits per heavy atom. The Morgan fingerprint density at radius 3 is 2.40 bits per heavy atom. The summed E-state index contributed by atoms with van der Waals surface area (Å²) < 4.78 is 5.29. The molecule has 0 radical (unpaired) electrons. The summed E-state index contributed by atoms with van der Waals surface area (Å²) in [5.74, 6) is 5.44. The number of fused-ring (bicyclic) bond motifs is 5. The van der Waals surface area contributed by atoms with Gasteiger partial charge in [-0.05, 0) is 93.3 Å². The average molecular weight is 413 g/mol. The third-order valence-corrected chi connectivity index (χ3v) is 8.93. The molecule has 1 N–H and O–H groups in total. The van der Waals surface area contributed by atoms with E-state index in [4.69, 9.17) is 4.74 Å². The van der Waals surface area contributed by atoms with Gasteiger partial charge in [0.1, 0.15) is 5.78 Å². The van der Waals surface area contributed by atoms with Crippen LogP contribution in [0.2, 0.25) is 0 Å². The number of rotatable bonds is 4. The highest BCUT2D eigenvalue weighted by atomic mass is 79.9. The first-order valence-corrected chi connectivity index (χ1v) is 11.5. The zero-order valence-electron chi connectivity index (χ0n) is 15.5. The van der Waals surface area contributed by atoms with Gasteiger partial charge in [0.05, 0.1) is 17.5 Å². The molecule has 0 aromatic rings. The molecule has 0 spiro atoms. The maximum atomic E-state index is 12.3. The van der Waals surface area contributed by atoms with E-state index in [2.05, 4.69) is 15.9 Å². The summed E-state index contributed by atoms with van der Waals surface area (Å²) in [6.07, 6.45) is 10.6. The summed E-state index contributed by atoms with van der Waals surface area (Å²) in [6.45, 7) is 0.491. The fraction of sp³-hybridized carbons (Fsp3) is 0.952. The molecule has 3 nitrogen and oxygen atoms in total. The molecule has 0 amide bonds. The van der Waals surface area contributed by atoms with Crippen LogP contribution in [-0.2, 0) is 9.53 Å². The quantitative estimate of drug-likeness (QED) is 0.703. The van der Waals surface area contributed by atoms with Crippen LogP contribution in [0.25, 0.3) is 0 Å². The minimum absolute atomic E-state index is 0.334. The van der Waals surface area contributed by atoms with Crippen LogP contribution in [0.3, 0.4) is 0 Å². The third-order valence-electron chi connectivity index (χ3n) is 8.38. The van der Waals surface area contributed by atoms with E-state index >= 15 is 0 Å². The summed E-state index contributed by atoms with van der Waals surface area (Å²) >= 11 is 3.40. The second kappa shape index (κ2) is 7.24. The second-order valence-corrected chi connectivity index (χ2v) is 9.98. The van der Waals surface area contributed by atoms with Crippen LogP contribution < -0.4 is 0 Å². The van der Waals surface area contributed by atoms with Crippen LogP contribution in [-0.4, -0.2) is 35.5 Å². The van der Waals surface area contributed by atoms with Crippen molar-refractivity contribution in [3.05, 3.63) is 0 Å². The molecule has 4 aliphatic rings. The van der Waals surface area contributed by atoms with Gasteiger partial charge in [-0.3, -0.25) is 4.79 Å². The predicted molar refractivity (Wildman–Crippen MR) is 102 cm³/mol. The molecule has 8 atom stereocenters. The van der Waals surface area contributed by atoms with Crippen molar-refractivity contribution in [2.24, 2.45) is 41.4 Å². The topological polar surface area (TPSA) is 46.5 Å². The van der Waals surface area contributed by atoms with Gasteiger partial charge in [-0.25, -0.2) is 0 Å². The Morgan fingerprint density at radius 1 is 1.00 bits per heavy atom. The fourth-order valence-electron chi connectivity index (χ4n) is 7.52. The number of carbonyl (C=O) groups excluding carboxylic acids is 1. The Kier molecular flexibility index (Phi) is 5.34. The molecule has 0 heterocycles. The zero-order valence-corrected chi connectivity index (χ0v) is 17.0. The van der Waals surface area contributed by atoms with E-state index in [1.807, 2.05) is 0 Å². The maximum absolute atomic E-state index is 12.3. The Labute approximate surface area is 160 Å². The van der Waals surface area contributed by atoms with E-state index in [0.29, 0.717) is 35.5 Å². The molecular weight excluding hydrogens is 380 g/mol. The van der Waals surface area contributed by atoms with E-state index in [9.17, 15) is 9.90 Å². The van der Waals surface area contributed by atoms with Gasteiger partial charge in [-0.15, -0.1) is 0 Å². The predicted octanol–water partition coefficient (Wildman–Crippen LogP) is 4.21. The van der Waals surface area contributed by atoms with Crippen molar-refractivity contribution in [2.75, 3.05) is 19.0 Å². The van der Waals surface area contributed by atoms with Gasteiger partial charge in [0.25, 0.3) is 0 Å². The summed E-state index contributed by atoms with van der Waals surface area (Å²) in [4.78, 5) is 12.3. The van der Waals surface area contributed by atoms with Crippen molar-refractivity contribution in [3.63, 3.8) is 0 Å². The molecule has 0 aliphatic heterocycles. The van der Waals surface area contributed by atoms with Crippen molar-refractivity contribution < 1.29 is 14.6 Å². The number of halogens is 1. The first-order valence-electron chi connectivity index (χ1n) is 10.4. The molecule has 25 heavy (non-hydrogen) atoms. The molecule has 4 aliphatic carbocycles. The lowest BCUT2D eigenvalue weighted by Gasteiger charge is -2.54. The number of ether oxygens (including phenoxy) is 1. The number of methoxy groups -OCH3 is 1. The van der Waals surface area contributed by atoms with Gasteiger partial charge in [-0.2, -0.15) is 0 Å². The minimum atomic E-state index is -0.583. The van der Waals surface area contributed by atoms with E-state index in [1.54, 1.807) is 7.11 Å². The standard InChI is InChI=1S/C21H33BrO3/c1-25-12-21(24)9-8-14-13(10-21)2-3-16-15(14)4-5-18-17(16)6-7-19(18)20(23)11-22/h13-19,24H,2-12H2,1H3/t13-,14+,15-,16-,17+,18+,19+,21-/m1/s1. The van der Waals surface area contributed by atoms with E-state index < -0.39 is 5.60 Å². The van der Waals surface area contributed by atoms with Gasteiger partial charge >= 0.3 is 0 Å². The van der Waals surface area contributed by atoms with Crippen LogP contribution in [0.5, 0.6) is 0 Å². The van der Waals surface area contributed by atoms with Gasteiger partial charge in [0.15, 0.2) is 0 Å². The molecule has 0 aromatic heterocycles.